The Morgan fingerprint density at radius 3 is 2.45 bits per heavy atom. The van der Waals surface area contributed by atoms with Gasteiger partial charge in [0.1, 0.15) is 5.75 Å². The van der Waals surface area contributed by atoms with E-state index >= 15 is 0 Å². The van der Waals surface area contributed by atoms with Crippen LogP contribution in [-0.4, -0.2) is 21.3 Å². The Morgan fingerprint density at radius 1 is 1.14 bits per heavy atom. The van der Waals surface area contributed by atoms with Gasteiger partial charge in [-0.05, 0) is 47.9 Å². The van der Waals surface area contributed by atoms with Gasteiger partial charge in [-0.3, -0.25) is 0 Å². The Bertz CT molecular complexity index is 812. The molecule has 0 aromatic heterocycles. The third kappa shape index (κ3) is 2.40. The predicted molar refractivity (Wildman–Crippen MR) is 87.6 cm³/mol. The van der Waals surface area contributed by atoms with Gasteiger partial charge in [-0.2, -0.15) is 0 Å². The average Bonchev–Trinajstić information content (AvgIpc) is 2.52. The Kier molecular flexibility index (Phi) is 3.69. The molecule has 1 aliphatic rings. The van der Waals surface area contributed by atoms with Crippen molar-refractivity contribution in [3.05, 3.63) is 58.6 Å². The fourth-order valence-corrected chi connectivity index (χ4v) is 4.96. The first-order valence-electron chi connectivity index (χ1n) is 7.04. The lowest BCUT2D eigenvalue weighted by Gasteiger charge is -2.36. The molecule has 0 radical (unpaired) electrons. The van der Waals surface area contributed by atoms with Crippen molar-refractivity contribution in [2.45, 2.75) is 23.7 Å². The van der Waals surface area contributed by atoms with Gasteiger partial charge in [-0.15, -0.1) is 0 Å². The van der Waals surface area contributed by atoms with E-state index in [4.69, 9.17) is 16.3 Å². The minimum absolute atomic E-state index is 0.144. The van der Waals surface area contributed by atoms with Gasteiger partial charge in [0.25, 0.3) is 0 Å². The topological polar surface area (TPSA) is 43.4 Å². The first kappa shape index (κ1) is 15.4. The van der Waals surface area contributed by atoms with Gasteiger partial charge in [0.15, 0.2) is 9.84 Å². The zero-order chi connectivity index (χ0) is 16.0. The van der Waals surface area contributed by atoms with E-state index in [1.165, 1.54) is 0 Å². The maximum absolute atomic E-state index is 12.4. The quantitative estimate of drug-likeness (QED) is 0.837. The summed E-state index contributed by atoms with van der Waals surface area (Å²) in [5, 5.41) is 0.668. The average molecular weight is 337 g/mol. The lowest BCUT2D eigenvalue weighted by Crippen LogP contribution is -2.34. The van der Waals surface area contributed by atoms with Crippen molar-refractivity contribution >= 4 is 21.4 Å². The first-order valence-corrected chi connectivity index (χ1v) is 9.07. The fourth-order valence-electron chi connectivity index (χ4n) is 3.04. The highest BCUT2D eigenvalue weighted by atomic mass is 35.5. The molecule has 1 atom stereocenters. The van der Waals surface area contributed by atoms with Crippen LogP contribution in [0.3, 0.4) is 0 Å². The van der Waals surface area contributed by atoms with Crippen LogP contribution in [0.1, 0.15) is 24.5 Å². The third-order valence-electron chi connectivity index (χ3n) is 4.47. The highest BCUT2D eigenvalue weighted by Gasteiger charge is 2.40. The molecule has 0 bridgehead atoms. The molecule has 0 N–H and O–H groups in total. The van der Waals surface area contributed by atoms with E-state index in [-0.39, 0.29) is 11.2 Å². The lowest BCUT2D eigenvalue weighted by atomic mass is 9.74. The summed E-state index contributed by atoms with van der Waals surface area (Å²) in [7, 11) is -1.65. The Morgan fingerprint density at radius 2 is 1.82 bits per heavy atom. The molecule has 0 amide bonds. The summed E-state index contributed by atoms with van der Waals surface area (Å²) in [6.07, 6.45) is 0.539. The van der Waals surface area contributed by atoms with Crippen LogP contribution in [-0.2, 0) is 15.3 Å². The normalized spacial score (nSPS) is 22.9. The standard InChI is InChI=1S/C17H17ClO3S/c1-17(12-3-5-13(18)6-4-12)9-10-22(19,20)16-8-7-14(21-2)11-15(16)17/h3-8,11H,9-10H2,1-2H3. The van der Waals surface area contributed by atoms with Crippen LogP contribution in [0, 0.1) is 0 Å². The van der Waals surface area contributed by atoms with Crippen LogP contribution >= 0.6 is 11.6 Å². The molecule has 3 rings (SSSR count). The minimum atomic E-state index is -3.24. The van der Waals surface area contributed by atoms with Crippen molar-refractivity contribution in [2.75, 3.05) is 12.9 Å². The number of halogens is 1. The molecular formula is C17H17ClO3S. The van der Waals surface area contributed by atoms with Crippen molar-refractivity contribution in [3.8, 4) is 5.75 Å². The van der Waals surface area contributed by atoms with Gasteiger partial charge >= 0.3 is 0 Å². The number of benzene rings is 2. The number of ether oxygens (including phenoxy) is 1. The molecule has 2 aromatic rings. The Labute approximate surface area is 135 Å². The summed E-state index contributed by atoms with van der Waals surface area (Å²) in [6, 6.07) is 12.8. The van der Waals surface area contributed by atoms with Crippen LogP contribution in [0.25, 0.3) is 0 Å². The zero-order valence-electron chi connectivity index (χ0n) is 12.5. The predicted octanol–water partition coefficient (Wildman–Crippen LogP) is 3.83. The Balaban J connectivity index is 2.25. The van der Waals surface area contributed by atoms with Gasteiger partial charge < -0.3 is 4.74 Å². The molecule has 0 saturated heterocycles. The summed E-state index contributed by atoms with van der Waals surface area (Å²) in [6.45, 7) is 2.07. The molecule has 0 saturated carbocycles. The van der Waals surface area contributed by atoms with E-state index in [2.05, 4.69) is 6.92 Å². The number of hydrogen-bond donors (Lipinski definition) is 0. The summed E-state index contributed by atoms with van der Waals surface area (Å²) in [4.78, 5) is 0.400. The minimum Gasteiger partial charge on any atom is -0.497 e. The molecular weight excluding hydrogens is 320 g/mol. The summed E-state index contributed by atoms with van der Waals surface area (Å²) >= 11 is 5.97. The highest BCUT2D eigenvalue weighted by Crippen LogP contribution is 2.44. The van der Waals surface area contributed by atoms with Gasteiger partial charge in [-0.1, -0.05) is 30.7 Å². The van der Waals surface area contributed by atoms with Crippen LogP contribution in [0.4, 0.5) is 0 Å². The van der Waals surface area contributed by atoms with E-state index < -0.39 is 9.84 Å². The van der Waals surface area contributed by atoms with Gasteiger partial charge in [-0.25, -0.2) is 8.42 Å². The molecule has 1 unspecified atom stereocenters. The lowest BCUT2D eigenvalue weighted by molar-refractivity contribution is 0.410. The second-order valence-electron chi connectivity index (χ2n) is 5.77. The third-order valence-corrected chi connectivity index (χ3v) is 6.49. The van der Waals surface area contributed by atoms with Gasteiger partial charge in [0.2, 0.25) is 0 Å². The number of rotatable bonds is 2. The van der Waals surface area contributed by atoms with Crippen molar-refractivity contribution < 1.29 is 13.2 Å². The number of sulfone groups is 1. The smallest absolute Gasteiger partial charge is 0.178 e. The van der Waals surface area contributed by atoms with E-state index in [1.54, 1.807) is 19.2 Å². The zero-order valence-corrected chi connectivity index (χ0v) is 14.0. The first-order chi connectivity index (χ1) is 10.4. The summed E-state index contributed by atoms with van der Waals surface area (Å²) < 4.78 is 30.0. The van der Waals surface area contributed by atoms with Gasteiger partial charge in [0, 0.05) is 10.4 Å². The molecule has 22 heavy (non-hydrogen) atoms. The maximum atomic E-state index is 12.4. The maximum Gasteiger partial charge on any atom is 0.178 e. The molecule has 0 spiro atoms. The number of hydrogen-bond acceptors (Lipinski definition) is 3. The molecule has 0 fully saturated rings. The van der Waals surface area contributed by atoms with E-state index in [0.29, 0.717) is 22.1 Å². The van der Waals surface area contributed by atoms with Crippen LogP contribution in [0.5, 0.6) is 5.75 Å². The van der Waals surface area contributed by atoms with E-state index in [1.807, 2.05) is 30.3 Å². The number of fused-ring (bicyclic) bond motifs is 1. The van der Waals surface area contributed by atoms with Crippen molar-refractivity contribution in [2.24, 2.45) is 0 Å². The van der Waals surface area contributed by atoms with Crippen molar-refractivity contribution in [3.63, 3.8) is 0 Å². The second-order valence-corrected chi connectivity index (χ2v) is 8.28. The summed E-state index contributed by atoms with van der Waals surface area (Å²) in [5.41, 5.74) is 1.47. The number of methoxy groups -OCH3 is 1. The molecule has 2 aromatic carbocycles. The van der Waals surface area contributed by atoms with Crippen LogP contribution in [0.15, 0.2) is 47.4 Å². The summed E-state index contributed by atoms with van der Waals surface area (Å²) in [5.74, 6) is 0.807. The molecule has 116 valence electrons. The molecule has 1 aliphatic heterocycles. The van der Waals surface area contributed by atoms with Crippen molar-refractivity contribution in [1.82, 2.24) is 0 Å². The monoisotopic (exact) mass is 336 g/mol. The largest absolute Gasteiger partial charge is 0.497 e. The highest BCUT2D eigenvalue weighted by molar-refractivity contribution is 7.91. The van der Waals surface area contributed by atoms with Crippen LogP contribution in [0.2, 0.25) is 5.02 Å². The molecule has 1 heterocycles. The molecule has 5 heteroatoms. The Hall–Kier alpha value is -1.52. The molecule has 3 nitrogen and oxygen atoms in total. The second kappa shape index (κ2) is 5.28. The van der Waals surface area contributed by atoms with E-state index in [9.17, 15) is 8.42 Å². The van der Waals surface area contributed by atoms with E-state index in [0.717, 1.165) is 11.1 Å². The fraction of sp³-hybridized carbons (Fsp3) is 0.294. The van der Waals surface area contributed by atoms with Crippen LogP contribution < -0.4 is 4.74 Å². The SMILES string of the molecule is COc1ccc2c(c1)C(C)(c1ccc(Cl)cc1)CCS2(=O)=O. The molecule has 0 aliphatic carbocycles. The van der Waals surface area contributed by atoms with Gasteiger partial charge in [0.05, 0.1) is 17.8 Å². The van der Waals surface area contributed by atoms with Crippen molar-refractivity contribution in [1.29, 1.82) is 0 Å².